The number of hydrogen-bond donors (Lipinski definition) is 2. The van der Waals surface area contributed by atoms with Gasteiger partial charge in [-0.2, -0.15) is 0 Å². The number of anilines is 2. The normalized spacial score (nSPS) is 21.9. The van der Waals surface area contributed by atoms with E-state index >= 15 is 0 Å². The Morgan fingerprint density at radius 2 is 1.79 bits per heavy atom. The second kappa shape index (κ2) is 6.14. The third-order valence-electron chi connectivity index (χ3n) is 6.78. The van der Waals surface area contributed by atoms with Crippen LogP contribution in [0.2, 0.25) is 0 Å². The molecule has 0 bridgehead atoms. The molecule has 0 aromatic heterocycles. The molecule has 3 aliphatic rings. The molecule has 4 nitrogen and oxygen atoms in total. The first-order valence-corrected chi connectivity index (χ1v) is 10.2. The van der Waals surface area contributed by atoms with Crippen molar-refractivity contribution in [3.8, 4) is 5.75 Å². The zero-order valence-corrected chi connectivity index (χ0v) is 15.8. The lowest BCUT2D eigenvalue weighted by molar-refractivity contribution is 0.155. The molecule has 1 fully saturated rings. The van der Waals surface area contributed by atoms with E-state index in [0.717, 1.165) is 24.9 Å². The molecule has 1 unspecified atom stereocenters. The third kappa shape index (κ3) is 2.34. The highest BCUT2D eigenvalue weighted by Crippen LogP contribution is 2.44. The summed E-state index contributed by atoms with van der Waals surface area (Å²) in [5.41, 5.74) is 5.28. The summed E-state index contributed by atoms with van der Waals surface area (Å²) in [5, 5.41) is 15.9. The number of para-hydroxylation sites is 2. The number of nitrogens with zero attached hydrogens (tertiary/aromatic N) is 2. The van der Waals surface area contributed by atoms with E-state index < -0.39 is 0 Å². The van der Waals surface area contributed by atoms with E-state index in [2.05, 4.69) is 64.2 Å². The van der Waals surface area contributed by atoms with E-state index in [-0.39, 0.29) is 0 Å². The molecule has 0 amide bonds. The van der Waals surface area contributed by atoms with Gasteiger partial charge in [-0.15, -0.1) is 0 Å². The van der Waals surface area contributed by atoms with Crippen LogP contribution in [0, 0.1) is 6.67 Å². The van der Waals surface area contributed by atoms with E-state index in [0.29, 0.717) is 17.8 Å². The molecule has 2 N–H and O–H groups in total. The van der Waals surface area contributed by atoms with Crippen molar-refractivity contribution in [3.63, 3.8) is 0 Å². The summed E-state index contributed by atoms with van der Waals surface area (Å²) in [6, 6.07) is 19.9. The minimum Gasteiger partial charge on any atom is -0.507 e. The third-order valence-corrected chi connectivity index (χ3v) is 6.78. The summed E-state index contributed by atoms with van der Waals surface area (Å²) in [6.45, 7) is 4.36. The highest BCUT2D eigenvalue weighted by molar-refractivity contribution is 5.95. The Morgan fingerprint density at radius 3 is 2.68 bits per heavy atom. The summed E-state index contributed by atoms with van der Waals surface area (Å²) >= 11 is 0. The van der Waals surface area contributed by atoms with Crippen molar-refractivity contribution in [2.24, 2.45) is 0 Å². The van der Waals surface area contributed by atoms with Crippen LogP contribution in [0.1, 0.15) is 30.0 Å². The molecule has 2 aliphatic heterocycles. The molecule has 0 saturated carbocycles. The lowest BCUT2D eigenvalue weighted by atomic mass is 9.98. The number of fused-ring (bicyclic) bond motifs is 1. The second-order valence-electron chi connectivity index (χ2n) is 8.20. The van der Waals surface area contributed by atoms with Gasteiger partial charge in [0.2, 0.25) is 0 Å². The number of likely N-dealkylation sites (tertiary alicyclic amines) is 1. The second-order valence-corrected chi connectivity index (χ2v) is 8.20. The first-order chi connectivity index (χ1) is 13.8. The van der Waals surface area contributed by atoms with Crippen molar-refractivity contribution in [1.82, 2.24) is 4.90 Å². The van der Waals surface area contributed by atoms with Gasteiger partial charge in [0.05, 0.1) is 11.4 Å². The number of nitrogens with one attached hydrogen (secondary N) is 1. The highest BCUT2D eigenvalue weighted by Gasteiger charge is 2.35. The lowest BCUT2D eigenvalue weighted by Gasteiger charge is -2.40. The molecule has 6 rings (SSSR count). The maximum absolute atomic E-state index is 10.3. The van der Waals surface area contributed by atoms with Crippen molar-refractivity contribution in [2.75, 3.05) is 23.3 Å². The minimum atomic E-state index is 0.399. The number of hydrogen-bond acceptors (Lipinski definition) is 4. The van der Waals surface area contributed by atoms with Crippen LogP contribution in [0.25, 0.3) is 10.8 Å². The zero-order valence-electron chi connectivity index (χ0n) is 15.8. The van der Waals surface area contributed by atoms with E-state index in [1.54, 1.807) is 0 Å². The van der Waals surface area contributed by atoms with E-state index in [1.807, 2.05) is 12.1 Å². The first-order valence-electron chi connectivity index (χ1n) is 10.2. The summed E-state index contributed by atoms with van der Waals surface area (Å²) in [7, 11) is 0. The summed E-state index contributed by atoms with van der Waals surface area (Å²) in [4.78, 5) is 5.08. The predicted octanol–water partition coefficient (Wildman–Crippen LogP) is 4.66. The molecule has 1 saturated heterocycles. The quantitative estimate of drug-likeness (QED) is 0.688. The van der Waals surface area contributed by atoms with Gasteiger partial charge in [-0.1, -0.05) is 36.4 Å². The van der Waals surface area contributed by atoms with Gasteiger partial charge in [0.25, 0.3) is 0 Å². The van der Waals surface area contributed by atoms with Crippen molar-refractivity contribution in [2.45, 2.75) is 31.3 Å². The standard InChI is InChI=1S/C24H24N3O/c28-23-9-8-16-14-22(18-4-3-5-19(23)24(16)18)26-12-10-17(11-13-26)27-15-25-20-6-1-2-7-21(20)27/h1-9,15,17,22,25,28H,10-14H2. The van der Waals surface area contributed by atoms with E-state index in [1.165, 1.54) is 40.7 Å². The summed E-state index contributed by atoms with van der Waals surface area (Å²) < 4.78 is 0. The van der Waals surface area contributed by atoms with Crippen LogP contribution in [0.4, 0.5) is 11.4 Å². The van der Waals surface area contributed by atoms with Gasteiger partial charge >= 0.3 is 0 Å². The number of phenolic OH excluding ortho intramolecular Hbond substituents is 1. The fraction of sp³-hybridized carbons (Fsp3) is 0.292. The summed E-state index contributed by atoms with van der Waals surface area (Å²) in [6.07, 6.45) is 3.39. The molecule has 28 heavy (non-hydrogen) atoms. The SMILES string of the molecule is Oc1ccc2c3c(cccc13)C(N1CCC(N3[CH]Nc4ccccc43)CC1)C2. The Morgan fingerprint density at radius 1 is 0.929 bits per heavy atom. The molecule has 141 valence electrons. The van der Waals surface area contributed by atoms with Gasteiger partial charge in [0.15, 0.2) is 0 Å². The summed E-state index contributed by atoms with van der Waals surface area (Å²) in [5.74, 6) is 0.399. The van der Waals surface area contributed by atoms with Crippen LogP contribution in [-0.4, -0.2) is 29.1 Å². The van der Waals surface area contributed by atoms with Crippen molar-refractivity contribution in [3.05, 3.63) is 72.4 Å². The monoisotopic (exact) mass is 370 g/mol. The molecular weight excluding hydrogens is 346 g/mol. The molecular formula is C24H24N3O. The Kier molecular flexibility index (Phi) is 3.57. The number of rotatable bonds is 2. The Balaban J connectivity index is 1.22. The fourth-order valence-electron chi connectivity index (χ4n) is 5.39. The van der Waals surface area contributed by atoms with Gasteiger partial charge < -0.3 is 15.3 Å². The zero-order chi connectivity index (χ0) is 18.7. The molecule has 3 aromatic rings. The van der Waals surface area contributed by atoms with Gasteiger partial charge in [0.1, 0.15) is 12.4 Å². The smallest absolute Gasteiger partial charge is 0.139 e. The molecule has 2 heterocycles. The predicted molar refractivity (Wildman–Crippen MR) is 113 cm³/mol. The van der Waals surface area contributed by atoms with Crippen LogP contribution in [0.3, 0.4) is 0 Å². The van der Waals surface area contributed by atoms with Gasteiger partial charge in [-0.3, -0.25) is 4.90 Å². The van der Waals surface area contributed by atoms with E-state index in [9.17, 15) is 5.11 Å². The fourth-order valence-corrected chi connectivity index (χ4v) is 5.39. The maximum atomic E-state index is 10.3. The number of benzene rings is 3. The highest BCUT2D eigenvalue weighted by atomic mass is 16.3. The van der Waals surface area contributed by atoms with Crippen molar-refractivity contribution >= 4 is 22.1 Å². The van der Waals surface area contributed by atoms with E-state index in [4.69, 9.17) is 0 Å². The number of aromatic hydroxyl groups is 1. The average molecular weight is 370 g/mol. The number of phenols is 1. The lowest BCUT2D eigenvalue weighted by Crippen LogP contribution is -2.44. The van der Waals surface area contributed by atoms with Crippen LogP contribution >= 0.6 is 0 Å². The topological polar surface area (TPSA) is 38.7 Å². The van der Waals surface area contributed by atoms with Crippen molar-refractivity contribution < 1.29 is 5.11 Å². The minimum absolute atomic E-state index is 0.399. The molecule has 0 spiro atoms. The largest absolute Gasteiger partial charge is 0.507 e. The van der Waals surface area contributed by atoms with Crippen LogP contribution in [-0.2, 0) is 6.42 Å². The Hall–Kier alpha value is -2.72. The van der Waals surface area contributed by atoms with Gasteiger partial charge in [-0.25, -0.2) is 0 Å². The van der Waals surface area contributed by atoms with Crippen molar-refractivity contribution in [1.29, 1.82) is 0 Å². The first kappa shape index (κ1) is 16.3. The molecule has 1 radical (unpaired) electrons. The average Bonchev–Trinajstić information content (AvgIpc) is 3.34. The van der Waals surface area contributed by atoms with Gasteiger partial charge in [0, 0.05) is 30.6 Å². The number of piperidine rings is 1. The van der Waals surface area contributed by atoms with Crippen LogP contribution in [0.15, 0.2) is 54.6 Å². The Bertz CT molecular complexity index is 1050. The Labute approximate surface area is 165 Å². The molecule has 1 atom stereocenters. The van der Waals surface area contributed by atoms with Gasteiger partial charge in [-0.05, 0) is 54.0 Å². The van der Waals surface area contributed by atoms with Crippen LogP contribution < -0.4 is 10.2 Å². The van der Waals surface area contributed by atoms with Crippen LogP contribution in [0.5, 0.6) is 5.75 Å². The molecule has 4 heteroatoms. The maximum Gasteiger partial charge on any atom is 0.139 e. The molecule has 3 aromatic carbocycles. The molecule has 1 aliphatic carbocycles.